The molecule has 0 radical (unpaired) electrons. The second-order valence-corrected chi connectivity index (χ2v) is 6.17. The Hall–Kier alpha value is -0.780. The number of nitrogens with one attached hydrogen (secondary N) is 1. The van der Waals surface area contributed by atoms with Gasteiger partial charge in [0.15, 0.2) is 6.61 Å². The largest absolute Gasteiger partial charge is 0.482 e. The van der Waals surface area contributed by atoms with Crippen LogP contribution in [0.15, 0.2) is 22.7 Å². The van der Waals surface area contributed by atoms with Crippen molar-refractivity contribution in [2.45, 2.75) is 18.9 Å². The monoisotopic (exact) mass is 360 g/mol. The second-order valence-electron chi connectivity index (χ2n) is 4.85. The van der Waals surface area contributed by atoms with Gasteiger partial charge in [0.1, 0.15) is 5.75 Å². The molecule has 0 atom stereocenters. The van der Waals surface area contributed by atoms with E-state index in [4.69, 9.17) is 16.3 Å². The predicted octanol–water partition coefficient (Wildman–Crippen LogP) is 2.69. The van der Waals surface area contributed by atoms with Crippen LogP contribution in [0.2, 0.25) is 5.02 Å². The van der Waals surface area contributed by atoms with E-state index in [-0.39, 0.29) is 12.5 Å². The van der Waals surface area contributed by atoms with Crippen LogP contribution in [-0.2, 0) is 4.79 Å². The van der Waals surface area contributed by atoms with E-state index in [0.717, 1.165) is 30.4 Å². The molecule has 1 saturated heterocycles. The van der Waals surface area contributed by atoms with Crippen LogP contribution in [0.4, 0.5) is 0 Å². The SMILES string of the molecule is CN(C(=O)COc1ccc(Br)cc1Cl)C1CCNCC1. The van der Waals surface area contributed by atoms with Crippen LogP contribution in [0, 0.1) is 0 Å². The summed E-state index contributed by atoms with van der Waals surface area (Å²) in [5, 5.41) is 3.78. The third-order valence-electron chi connectivity index (χ3n) is 3.49. The molecule has 0 unspecified atom stereocenters. The van der Waals surface area contributed by atoms with E-state index < -0.39 is 0 Å². The number of halogens is 2. The maximum absolute atomic E-state index is 12.1. The van der Waals surface area contributed by atoms with Gasteiger partial charge < -0.3 is 15.0 Å². The first-order chi connectivity index (χ1) is 9.58. The van der Waals surface area contributed by atoms with Crippen LogP contribution in [-0.4, -0.2) is 43.6 Å². The zero-order valence-electron chi connectivity index (χ0n) is 11.4. The number of amides is 1. The van der Waals surface area contributed by atoms with Gasteiger partial charge in [-0.15, -0.1) is 0 Å². The number of hydrogen-bond acceptors (Lipinski definition) is 3. The standard InChI is InChI=1S/C14H18BrClN2O2/c1-18(11-4-6-17-7-5-11)14(19)9-20-13-3-2-10(15)8-12(13)16/h2-3,8,11,17H,4-7,9H2,1H3. The van der Waals surface area contributed by atoms with E-state index in [1.807, 2.05) is 13.1 Å². The number of rotatable bonds is 4. The highest BCUT2D eigenvalue weighted by Crippen LogP contribution is 2.27. The molecule has 0 spiro atoms. The summed E-state index contributed by atoms with van der Waals surface area (Å²) in [5.41, 5.74) is 0. The van der Waals surface area contributed by atoms with Gasteiger partial charge in [0.25, 0.3) is 5.91 Å². The van der Waals surface area contributed by atoms with E-state index in [9.17, 15) is 4.79 Å². The molecule has 1 aromatic rings. The number of carbonyl (C=O) groups excluding carboxylic acids is 1. The number of hydrogen-bond donors (Lipinski definition) is 1. The van der Waals surface area contributed by atoms with E-state index in [1.165, 1.54) is 0 Å². The molecule has 0 saturated carbocycles. The Morgan fingerprint density at radius 1 is 1.50 bits per heavy atom. The summed E-state index contributed by atoms with van der Waals surface area (Å²) in [7, 11) is 1.84. The normalized spacial score (nSPS) is 15.9. The molecule has 0 bridgehead atoms. The summed E-state index contributed by atoms with van der Waals surface area (Å²) in [5.74, 6) is 0.512. The highest BCUT2D eigenvalue weighted by molar-refractivity contribution is 9.10. The Morgan fingerprint density at radius 3 is 2.85 bits per heavy atom. The van der Waals surface area contributed by atoms with Crippen molar-refractivity contribution >= 4 is 33.4 Å². The van der Waals surface area contributed by atoms with Gasteiger partial charge in [-0.25, -0.2) is 0 Å². The first kappa shape index (κ1) is 15.6. The number of carbonyl (C=O) groups is 1. The molecule has 1 aromatic carbocycles. The molecule has 1 aliphatic heterocycles. The van der Waals surface area contributed by atoms with Crippen LogP contribution >= 0.6 is 27.5 Å². The maximum atomic E-state index is 12.1. The summed E-state index contributed by atoms with van der Waals surface area (Å²) in [6.07, 6.45) is 1.97. The van der Waals surface area contributed by atoms with Gasteiger partial charge in [-0.3, -0.25) is 4.79 Å². The van der Waals surface area contributed by atoms with Gasteiger partial charge in [-0.1, -0.05) is 27.5 Å². The van der Waals surface area contributed by atoms with Crippen molar-refractivity contribution in [1.82, 2.24) is 10.2 Å². The zero-order chi connectivity index (χ0) is 14.5. The molecule has 2 rings (SSSR count). The van der Waals surface area contributed by atoms with Crippen LogP contribution in [0.1, 0.15) is 12.8 Å². The number of benzene rings is 1. The van der Waals surface area contributed by atoms with Gasteiger partial charge in [0.2, 0.25) is 0 Å². The topological polar surface area (TPSA) is 41.6 Å². The molecule has 110 valence electrons. The number of ether oxygens (including phenoxy) is 1. The maximum Gasteiger partial charge on any atom is 0.260 e. The lowest BCUT2D eigenvalue weighted by molar-refractivity contribution is -0.134. The fourth-order valence-electron chi connectivity index (χ4n) is 2.23. The molecule has 1 aliphatic rings. The Labute approximate surface area is 132 Å². The van der Waals surface area contributed by atoms with E-state index in [1.54, 1.807) is 17.0 Å². The number of piperidine rings is 1. The van der Waals surface area contributed by atoms with Crippen molar-refractivity contribution in [1.29, 1.82) is 0 Å². The number of likely N-dealkylation sites (N-methyl/N-ethyl adjacent to an activating group) is 1. The van der Waals surface area contributed by atoms with Gasteiger partial charge in [0.05, 0.1) is 5.02 Å². The fourth-order valence-corrected chi connectivity index (χ4v) is 2.96. The van der Waals surface area contributed by atoms with Crippen molar-refractivity contribution in [3.8, 4) is 5.75 Å². The summed E-state index contributed by atoms with van der Waals surface area (Å²) in [6, 6.07) is 5.64. The van der Waals surface area contributed by atoms with E-state index in [0.29, 0.717) is 16.8 Å². The lowest BCUT2D eigenvalue weighted by Crippen LogP contribution is -2.45. The highest BCUT2D eigenvalue weighted by atomic mass is 79.9. The third-order valence-corrected chi connectivity index (χ3v) is 4.28. The Morgan fingerprint density at radius 2 is 2.20 bits per heavy atom. The lowest BCUT2D eigenvalue weighted by Gasteiger charge is -2.31. The predicted molar refractivity (Wildman–Crippen MR) is 83.3 cm³/mol. The molecule has 0 aromatic heterocycles. The minimum atomic E-state index is -0.0177. The molecule has 6 heteroatoms. The highest BCUT2D eigenvalue weighted by Gasteiger charge is 2.22. The fraction of sp³-hybridized carbons (Fsp3) is 0.500. The average Bonchev–Trinajstić information content (AvgIpc) is 2.46. The summed E-state index contributed by atoms with van der Waals surface area (Å²) >= 11 is 9.38. The molecule has 0 aliphatic carbocycles. The molecule has 1 amide bonds. The molecule has 1 heterocycles. The molecule has 1 N–H and O–H groups in total. The first-order valence-corrected chi connectivity index (χ1v) is 7.79. The Kier molecular flexibility index (Phi) is 5.69. The van der Waals surface area contributed by atoms with Crippen molar-refractivity contribution in [2.24, 2.45) is 0 Å². The molecule has 1 fully saturated rings. The van der Waals surface area contributed by atoms with Gasteiger partial charge in [-0.05, 0) is 44.1 Å². The van der Waals surface area contributed by atoms with E-state index in [2.05, 4.69) is 21.2 Å². The Balaban J connectivity index is 1.87. The third kappa shape index (κ3) is 4.11. The summed E-state index contributed by atoms with van der Waals surface area (Å²) in [4.78, 5) is 13.9. The molecule has 4 nitrogen and oxygen atoms in total. The second kappa shape index (κ2) is 7.29. The summed E-state index contributed by atoms with van der Waals surface area (Å²) in [6.45, 7) is 1.94. The molecule has 20 heavy (non-hydrogen) atoms. The average molecular weight is 362 g/mol. The quantitative estimate of drug-likeness (QED) is 0.896. The van der Waals surface area contributed by atoms with E-state index >= 15 is 0 Å². The minimum Gasteiger partial charge on any atom is -0.482 e. The van der Waals surface area contributed by atoms with Crippen molar-refractivity contribution < 1.29 is 9.53 Å². The van der Waals surface area contributed by atoms with Crippen molar-refractivity contribution in [3.05, 3.63) is 27.7 Å². The van der Waals surface area contributed by atoms with Crippen LogP contribution in [0.25, 0.3) is 0 Å². The van der Waals surface area contributed by atoms with Gasteiger partial charge >= 0.3 is 0 Å². The smallest absolute Gasteiger partial charge is 0.260 e. The minimum absolute atomic E-state index is 0.0157. The van der Waals surface area contributed by atoms with Gasteiger partial charge in [-0.2, -0.15) is 0 Å². The van der Waals surface area contributed by atoms with Crippen LogP contribution in [0.3, 0.4) is 0 Å². The Bertz CT molecular complexity index is 478. The molecular formula is C14H18BrClN2O2. The van der Waals surface area contributed by atoms with Crippen LogP contribution in [0.5, 0.6) is 5.75 Å². The number of nitrogens with zero attached hydrogens (tertiary/aromatic N) is 1. The van der Waals surface area contributed by atoms with Crippen LogP contribution < -0.4 is 10.1 Å². The van der Waals surface area contributed by atoms with Crippen molar-refractivity contribution in [3.63, 3.8) is 0 Å². The molecular weight excluding hydrogens is 344 g/mol. The summed E-state index contributed by atoms with van der Waals surface area (Å²) < 4.78 is 6.39. The first-order valence-electron chi connectivity index (χ1n) is 6.62. The van der Waals surface area contributed by atoms with Gasteiger partial charge in [0, 0.05) is 17.6 Å². The lowest BCUT2D eigenvalue weighted by atomic mass is 10.1. The zero-order valence-corrected chi connectivity index (χ0v) is 13.7. The van der Waals surface area contributed by atoms with Crippen molar-refractivity contribution in [2.75, 3.05) is 26.7 Å².